The first kappa shape index (κ1) is 11.7. The van der Waals surface area contributed by atoms with Gasteiger partial charge in [-0.05, 0) is 30.8 Å². The Kier molecular flexibility index (Phi) is 3.77. The molecule has 0 aliphatic heterocycles. The second kappa shape index (κ2) is 5.50. The summed E-state index contributed by atoms with van der Waals surface area (Å²) in [5.41, 5.74) is 2.36. The van der Waals surface area contributed by atoms with E-state index in [4.69, 9.17) is 4.74 Å². The first-order valence-electron chi connectivity index (χ1n) is 5.57. The number of H-pyrrole nitrogens is 1. The first-order valence-corrected chi connectivity index (χ1v) is 5.57. The summed E-state index contributed by atoms with van der Waals surface area (Å²) in [6.45, 7) is 1.74. The Bertz CT molecular complexity index is 453. The monoisotopic (exact) mass is 231 g/mol. The van der Waals surface area contributed by atoms with Gasteiger partial charge in [0.25, 0.3) is 0 Å². The van der Waals surface area contributed by atoms with Crippen LogP contribution in [-0.2, 0) is 13.1 Å². The lowest BCUT2D eigenvalue weighted by atomic mass is 10.2. The third-order valence-electron chi connectivity index (χ3n) is 2.59. The van der Waals surface area contributed by atoms with Crippen molar-refractivity contribution in [1.29, 1.82) is 0 Å². The van der Waals surface area contributed by atoms with Gasteiger partial charge in [-0.25, -0.2) is 0 Å². The van der Waals surface area contributed by atoms with E-state index < -0.39 is 0 Å². The number of nitrogens with one attached hydrogen (secondary N) is 1. The average Bonchev–Trinajstić information content (AvgIpc) is 2.82. The summed E-state index contributed by atoms with van der Waals surface area (Å²) in [5, 5.41) is 6.90. The Morgan fingerprint density at radius 1 is 1.29 bits per heavy atom. The summed E-state index contributed by atoms with van der Waals surface area (Å²) in [5.74, 6) is 0.900. The molecule has 4 nitrogen and oxygen atoms in total. The number of hydrogen-bond donors (Lipinski definition) is 1. The van der Waals surface area contributed by atoms with Crippen LogP contribution in [0.4, 0.5) is 0 Å². The third-order valence-corrected chi connectivity index (χ3v) is 2.59. The van der Waals surface area contributed by atoms with Gasteiger partial charge in [0.1, 0.15) is 5.75 Å². The Morgan fingerprint density at radius 3 is 2.88 bits per heavy atom. The summed E-state index contributed by atoms with van der Waals surface area (Å²) in [4.78, 5) is 2.22. The highest BCUT2D eigenvalue weighted by Gasteiger charge is 2.03. The molecule has 0 saturated carbocycles. The Labute approximate surface area is 101 Å². The van der Waals surface area contributed by atoms with E-state index in [2.05, 4.69) is 34.3 Å². The summed E-state index contributed by atoms with van der Waals surface area (Å²) in [7, 11) is 3.77. The Balaban J connectivity index is 1.95. The number of nitrogens with zero attached hydrogens (tertiary/aromatic N) is 2. The fourth-order valence-electron chi connectivity index (χ4n) is 1.80. The average molecular weight is 231 g/mol. The van der Waals surface area contributed by atoms with Crippen LogP contribution in [0.3, 0.4) is 0 Å². The predicted octanol–water partition coefficient (Wildman–Crippen LogP) is 2.05. The van der Waals surface area contributed by atoms with Crippen LogP contribution in [0.1, 0.15) is 11.3 Å². The molecule has 4 heteroatoms. The van der Waals surface area contributed by atoms with Gasteiger partial charge < -0.3 is 4.74 Å². The predicted molar refractivity (Wildman–Crippen MR) is 66.8 cm³/mol. The van der Waals surface area contributed by atoms with Crippen molar-refractivity contribution < 1.29 is 4.74 Å². The van der Waals surface area contributed by atoms with Gasteiger partial charge >= 0.3 is 0 Å². The van der Waals surface area contributed by atoms with Gasteiger partial charge in [-0.2, -0.15) is 5.10 Å². The maximum Gasteiger partial charge on any atom is 0.119 e. The van der Waals surface area contributed by atoms with E-state index in [9.17, 15) is 0 Å². The van der Waals surface area contributed by atoms with Gasteiger partial charge in [-0.3, -0.25) is 10.00 Å². The second-order valence-corrected chi connectivity index (χ2v) is 4.11. The third kappa shape index (κ3) is 3.32. The van der Waals surface area contributed by atoms with Crippen LogP contribution in [0.25, 0.3) is 0 Å². The molecule has 0 aliphatic rings. The minimum atomic E-state index is 0.858. The van der Waals surface area contributed by atoms with Crippen LogP contribution in [0.15, 0.2) is 36.5 Å². The number of benzene rings is 1. The van der Waals surface area contributed by atoms with Gasteiger partial charge in [0.05, 0.1) is 7.11 Å². The fourth-order valence-corrected chi connectivity index (χ4v) is 1.80. The number of aromatic amines is 1. The highest BCUT2D eigenvalue weighted by Crippen LogP contribution is 2.14. The number of ether oxygens (including phenoxy) is 1. The van der Waals surface area contributed by atoms with E-state index in [1.165, 1.54) is 5.56 Å². The lowest BCUT2D eigenvalue weighted by molar-refractivity contribution is 0.314. The molecule has 2 rings (SSSR count). The maximum absolute atomic E-state index is 5.21. The molecule has 90 valence electrons. The lowest BCUT2D eigenvalue weighted by Gasteiger charge is -2.15. The molecule has 0 atom stereocenters. The number of rotatable bonds is 5. The van der Waals surface area contributed by atoms with E-state index in [1.54, 1.807) is 13.3 Å². The van der Waals surface area contributed by atoms with E-state index in [-0.39, 0.29) is 0 Å². The lowest BCUT2D eigenvalue weighted by Crippen LogP contribution is -2.17. The zero-order valence-electron chi connectivity index (χ0n) is 10.2. The summed E-state index contributed by atoms with van der Waals surface area (Å²) in [6, 6.07) is 10.1. The van der Waals surface area contributed by atoms with Crippen LogP contribution in [0, 0.1) is 0 Å². The summed E-state index contributed by atoms with van der Waals surface area (Å²) < 4.78 is 5.21. The molecule has 0 bridgehead atoms. The van der Waals surface area contributed by atoms with Gasteiger partial charge in [0.2, 0.25) is 0 Å². The Hall–Kier alpha value is -1.81. The second-order valence-electron chi connectivity index (χ2n) is 4.11. The molecule has 0 aliphatic carbocycles. The standard InChI is InChI=1S/C13H17N3O/c1-16(10-12-6-7-14-15-12)9-11-4-3-5-13(8-11)17-2/h3-8H,9-10H2,1-2H3,(H,14,15). The van der Waals surface area contributed by atoms with Crippen molar-refractivity contribution in [2.75, 3.05) is 14.2 Å². The van der Waals surface area contributed by atoms with E-state index in [1.807, 2.05) is 18.2 Å². The zero-order valence-corrected chi connectivity index (χ0v) is 10.2. The molecule has 1 aromatic heterocycles. The normalized spacial score (nSPS) is 10.8. The number of aromatic nitrogens is 2. The van der Waals surface area contributed by atoms with Crippen LogP contribution < -0.4 is 4.74 Å². The van der Waals surface area contributed by atoms with Gasteiger partial charge in [-0.15, -0.1) is 0 Å². The minimum absolute atomic E-state index is 0.858. The largest absolute Gasteiger partial charge is 0.497 e. The zero-order chi connectivity index (χ0) is 12.1. The molecule has 0 unspecified atom stereocenters. The Morgan fingerprint density at radius 2 is 2.18 bits per heavy atom. The van der Waals surface area contributed by atoms with Crippen molar-refractivity contribution in [3.05, 3.63) is 47.8 Å². The fraction of sp³-hybridized carbons (Fsp3) is 0.308. The highest BCUT2D eigenvalue weighted by molar-refractivity contribution is 5.28. The van der Waals surface area contributed by atoms with Crippen molar-refractivity contribution >= 4 is 0 Å². The van der Waals surface area contributed by atoms with E-state index >= 15 is 0 Å². The number of methoxy groups -OCH3 is 1. The molecule has 0 saturated heterocycles. The van der Waals surface area contributed by atoms with Crippen molar-refractivity contribution in [3.8, 4) is 5.75 Å². The molecule has 0 fully saturated rings. The van der Waals surface area contributed by atoms with Crippen LogP contribution in [-0.4, -0.2) is 29.3 Å². The molecular weight excluding hydrogens is 214 g/mol. The van der Waals surface area contributed by atoms with Gasteiger partial charge in [0, 0.05) is 25.0 Å². The molecule has 17 heavy (non-hydrogen) atoms. The maximum atomic E-state index is 5.21. The smallest absolute Gasteiger partial charge is 0.119 e. The van der Waals surface area contributed by atoms with Crippen LogP contribution >= 0.6 is 0 Å². The quantitative estimate of drug-likeness (QED) is 0.856. The van der Waals surface area contributed by atoms with Crippen LogP contribution in [0.2, 0.25) is 0 Å². The SMILES string of the molecule is COc1cccc(CN(C)Cc2ccn[nH]2)c1. The molecule has 1 heterocycles. The van der Waals surface area contributed by atoms with E-state index in [0.717, 1.165) is 24.5 Å². The molecule has 0 spiro atoms. The van der Waals surface area contributed by atoms with Crippen molar-refractivity contribution in [2.45, 2.75) is 13.1 Å². The van der Waals surface area contributed by atoms with Crippen molar-refractivity contribution in [3.63, 3.8) is 0 Å². The number of hydrogen-bond acceptors (Lipinski definition) is 3. The molecule has 0 radical (unpaired) electrons. The summed E-state index contributed by atoms with van der Waals surface area (Å²) >= 11 is 0. The molecule has 1 N–H and O–H groups in total. The summed E-state index contributed by atoms with van der Waals surface area (Å²) in [6.07, 6.45) is 1.77. The molecule has 2 aromatic rings. The highest BCUT2D eigenvalue weighted by atomic mass is 16.5. The van der Waals surface area contributed by atoms with Gasteiger partial charge in [0.15, 0.2) is 0 Å². The van der Waals surface area contributed by atoms with Crippen LogP contribution in [0.5, 0.6) is 5.75 Å². The minimum Gasteiger partial charge on any atom is -0.497 e. The molecule has 1 aromatic carbocycles. The molecular formula is C13H17N3O. The first-order chi connectivity index (χ1) is 8.28. The topological polar surface area (TPSA) is 41.1 Å². The van der Waals surface area contributed by atoms with Gasteiger partial charge in [-0.1, -0.05) is 12.1 Å². The van der Waals surface area contributed by atoms with E-state index in [0.29, 0.717) is 0 Å². The van der Waals surface area contributed by atoms with Crippen molar-refractivity contribution in [2.24, 2.45) is 0 Å². The van der Waals surface area contributed by atoms with Crippen molar-refractivity contribution in [1.82, 2.24) is 15.1 Å². The molecule has 0 amide bonds.